The van der Waals surface area contributed by atoms with E-state index in [9.17, 15) is 0 Å². The van der Waals surface area contributed by atoms with Crippen molar-refractivity contribution in [2.45, 2.75) is 33.1 Å². The molecule has 0 aliphatic heterocycles. The summed E-state index contributed by atoms with van der Waals surface area (Å²) < 4.78 is 0. The van der Waals surface area contributed by atoms with Crippen molar-refractivity contribution in [2.75, 3.05) is 0 Å². The van der Waals surface area contributed by atoms with Crippen molar-refractivity contribution in [1.82, 2.24) is 9.97 Å². The molecule has 3 heteroatoms. The Labute approximate surface area is 135 Å². The summed E-state index contributed by atoms with van der Waals surface area (Å²) in [5.41, 5.74) is 1.47. The molecule has 0 aliphatic carbocycles. The van der Waals surface area contributed by atoms with Gasteiger partial charge in [-0.3, -0.25) is 0 Å². The Morgan fingerprint density at radius 1 is 0.889 bits per heavy atom. The summed E-state index contributed by atoms with van der Waals surface area (Å²) in [6, 6.07) is 13.2. The van der Waals surface area contributed by atoms with Gasteiger partial charge in [0.2, 0.25) is 0 Å². The molecule has 0 fully saturated rings. The molecule has 2 nitrogen and oxygen atoms in total. The zero-order valence-electron chi connectivity index (χ0n) is 11.1. The summed E-state index contributed by atoms with van der Waals surface area (Å²) in [5, 5.41) is 0. The molecule has 0 saturated carbocycles. The number of pyridine rings is 2. The van der Waals surface area contributed by atoms with Crippen molar-refractivity contribution in [3.05, 3.63) is 48.8 Å². The maximum atomic E-state index is 4.10. The molecule has 18 heavy (non-hydrogen) atoms. The SMILES string of the molecule is CCCCC.[Y].[c-]1cccnc1-c1[c-]cccn1. The van der Waals surface area contributed by atoms with E-state index in [0.29, 0.717) is 0 Å². The van der Waals surface area contributed by atoms with E-state index in [2.05, 4.69) is 35.9 Å². The van der Waals surface area contributed by atoms with Crippen LogP contribution < -0.4 is 0 Å². The van der Waals surface area contributed by atoms with Gasteiger partial charge in [0.25, 0.3) is 0 Å². The molecule has 0 spiro atoms. The van der Waals surface area contributed by atoms with Gasteiger partial charge in [-0.15, -0.1) is 23.5 Å². The summed E-state index contributed by atoms with van der Waals surface area (Å²) in [5.74, 6) is 0. The van der Waals surface area contributed by atoms with Gasteiger partial charge in [0.05, 0.1) is 0 Å². The molecule has 2 rings (SSSR count). The van der Waals surface area contributed by atoms with Crippen LogP contribution in [0.25, 0.3) is 11.4 Å². The van der Waals surface area contributed by atoms with Crippen LogP contribution in [0.1, 0.15) is 33.1 Å². The van der Waals surface area contributed by atoms with Gasteiger partial charge in [0.15, 0.2) is 0 Å². The number of nitrogens with zero attached hydrogens (tertiary/aromatic N) is 2. The van der Waals surface area contributed by atoms with Gasteiger partial charge in [-0.25, -0.2) is 12.1 Å². The van der Waals surface area contributed by atoms with Gasteiger partial charge in [0.1, 0.15) is 0 Å². The van der Waals surface area contributed by atoms with Crippen LogP contribution in [0.15, 0.2) is 36.7 Å². The minimum atomic E-state index is 0. The smallest absolute Gasteiger partial charge is 0 e. The molecule has 2 aromatic rings. The molecule has 0 atom stereocenters. The molecule has 0 bridgehead atoms. The molecule has 0 N–H and O–H groups in total. The third-order valence-electron chi connectivity index (χ3n) is 2.14. The Kier molecular flexibility index (Phi) is 11.1. The summed E-state index contributed by atoms with van der Waals surface area (Å²) >= 11 is 0. The van der Waals surface area contributed by atoms with Gasteiger partial charge in [-0.05, 0) is 12.4 Å². The Hall–Kier alpha value is -0.596. The summed E-state index contributed by atoms with van der Waals surface area (Å²) in [6.45, 7) is 4.42. The first-order valence-corrected chi connectivity index (χ1v) is 6.04. The van der Waals surface area contributed by atoms with E-state index in [1.165, 1.54) is 19.3 Å². The number of unbranched alkanes of at least 4 members (excludes halogenated alkanes) is 2. The molecule has 0 saturated heterocycles. The fourth-order valence-corrected chi connectivity index (χ4v) is 1.26. The number of hydrogen-bond donors (Lipinski definition) is 0. The molecular formula is C15H18N2Y-2. The molecule has 93 valence electrons. The van der Waals surface area contributed by atoms with Crippen molar-refractivity contribution in [2.24, 2.45) is 0 Å². The third kappa shape index (κ3) is 6.98. The van der Waals surface area contributed by atoms with E-state index in [1.54, 1.807) is 12.4 Å². The van der Waals surface area contributed by atoms with Crippen LogP contribution in [0.5, 0.6) is 0 Å². The van der Waals surface area contributed by atoms with Gasteiger partial charge in [-0.1, -0.05) is 33.1 Å². The van der Waals surface area contributed by atoms with E-state index in [4.69, 9.17) is 0 Å². The van der Waals surface area contributed by atoms with Crippen LogP contribution in [0.4, 0.5) is 0 Å². The monoisotopic (exact) mass is 315 g/mol. The normalized spacial score (nSPS) is 8.78. The molecule has 2 aromatic heterocycles. The minimum absolute atomic E-state index is 0. The molecule has 0 aliphatic rings. The Morgan fingerprint density at radius 3 is 1.56 bits per heavy atom. The topological polar surface area (TPSA) is 25.8 Å². The minimum Gasteiger partial charge on any atom is -0.357 e. The van der Waals surface area contributed by atoms with E-state index >= 15 is 0 Å². The molecule has 0 amide bonds. The van der Waals surface area contributed by atoms with Crippen molar-refractivity contribution >= 4 is 0 Å². The second-order valence-electron chi connectivity index (χ2n) is 3.61. The maximum absolute atomic E-state index is 4.10. The quantitative estimate of drug-likeness (QED) is 0.802. The van der Waals surface area contributed by atoms with Crippen LogP contribution in [0, 0.1) is 12.1 Å². The number of hydrogen-bond acceptors (Lipinski definition) is 2. The third-order valence-corrected chi connectivity index (χ3v) is 2.14. The van der Waals surface area contributed by atoms with Crippen molar-refractivity contribution in [3.8, 4) is 11.4 Å². The van der Waals surface area contributed by atoms with E-state index in [-0.39, 0.29) is 32.7 Å². The van der Waals surface area contributed by atoms with Crippen LogP contribution in [-0.4, -0.2) is 9.97 Å². The largest absolute Gasteiger partial charge is 0.357 e. The van der Waals surface area contributed by atoms with Crippen LogP contribution >= 0.6 is 0 Å². The first-order valence-electron chi connectivity index (χ1n) is 6.04. The van der Waals surface area contributed by atoms with E-state index < -0.39 is 0 Å². The fraction of sp³-hybridized carbons (Fsp3) is 0.333. The second-order valence-corrected chi connectivity index (χ2v) is 3.61. The zero-order chi connectivity index (χ0) is 12.3. The first-order chi connectivity index (χ1) is 8.38. The van der Waals surface area contributed by atoms with Gasteiger partial charge in [0, 0.05) is 32.7 Å². The Balaban J connectivity index is 0.000000421. The second kappa shape index (κ2) is 11.5. The Bertz CT molecular complexity index is 350. The predicted octanol–water partition coefficient (Wildman–Crippen LogP) is 3.94. The van der Waals surface area contributed by atoms with E-state index in [1.807, 2.05) is 24.3 Å². The van der Waals surface area contributed by atoms with Crippen LogP contribution in [-0.2, 0) is 32.7 Å². The zero-order valence-corrected chi connectivity index (χ0v) is 13.9. The molecule has 0 unspecified atom stereocenters. The van der Waals surface area contributed by atoms with Crippen molar-refractivity contribution in [3.63, 3.8) is 0 Å². The summed E-state index contributed by atoms with van der Waals surface area (Å²) in [6.07, 6.45) is 7.51. The maximum Gasteiger partial charge on any atom is 0 e. The van der Waals surface area contributed by atoms with Gasteiger partial charge >= 0.3 is 0 Å². The van der Waals surface area contributed by atoms with Crippen molar-refractivity contribution in [1.29, 1.82) is 0 Å². The van der Waals surface area contributed by atoms with Crippen LogP contribution in [0.2, 0.25) is 0 Å². The van der Waals surface area contributed by atoms with E-state index in [0.717, 1.165) is 11.4 Å². The molecule has 0 aromatic carbocycles. The van der Waals surface area contributed by atoms with Crippen molar-refractivity contribution < 1.29 is 32.7 Å². The molecule has 2 heterocycles. The average molecular weight is 315 g/mol. The fourth-order valence-electron chi connectivity index (χ4n) is 1.26. The van der Waals surface area contributed by atoms with Gasteiger partial charge in [-0.2, -0.15) is 12.1 Å². The predicted molar refractivity (Wildman–Crippen MR) is 70.3 cm³/mol. The summed E-state index contributed by atoms with van der Waals surface area (Å²) in [4.78, 5) is 8.20. The number of rotatable bonds is 3. The average Bonchev–Trinajstić information content (AvgIpc) is 2.42. The standard InChI is InChI=1S/C10H6N2.C5H12.Y/c1-3-7-11-9(5-1)10-6-2-4-8-12-10;1-3-5-4-2;/h1-4,7-8H;3-5H2,1-2H3;/q-2;;. The molecule has 1 radical (unpaired) electrons. The first kappa shape index (κ1) is 17.4. The summed E-state index contributed by atoms with van der Waals surface area (Å²) in [7, 11) is 0. The Morgan fingerprint density at radius 2 is 1.33 bits per heavy atom. The number of aromatic nitrogens is 2. The molecular weight excluding hydrogens is 297 g/mol. The van der Waals surface area contributed by atoms with Crippen LogP contribution in [0.3, 0.4) is 0 Å². The van der Waals surface area contributed by atoms with Gasteiger partial charge < -0.3 is 9.97 Å².